The fourth-order valence-electron chi connectivity index (χ4n) is 1.89. The molecule has 0 heterocycles. The summed E-state index contributed by atoms with van der Waals surface area (Å²) in [6.07, 6.45) is 7.70. The van der Waals surface area contributed by atoms with Crippen molar-refractivity contribution in [2.45, 2.75) is 38.5 Å². The fourth-order valence-corrected chi connectivity index (χ4v) is 3.70. The third-order valence-corrected chi connectivity index (χ3v) is 5.01. The molecule has 1 saturated carbocycles. The van der Waals surface area contributed by atoms with E-state index >= 15 is 0 Å². The maximum Gasteiger partial charge on any atom is 0.274 e. The van der Waals surface area contributed by atoms with Gasteiger partial charge in [-0.1, -0.05) is 32.1 Å². The number of hydrogen-bond donors (Lipinski definition) is 1. The molecule has 0 atom stereocenters. The zero-order valence-electron chi connectivity index (χ0n) is 8.31. The Morgan fingerprint density at radius 3 is 2.43 bits per heavy atom. The first kappa shape index (κ1) is 12.3. The molecule has 1 aliphatic carbocycles. The molecular weight excluding hydrogens is 220 g/mol. The van der Waals surface area contributed by atoms with Crippen molar-refractivity contribution >= 4 is 21.9 Å². The minimum atomic E-state index is -3.76. The molecule has 0 aliphatic heterocycles. The molecule has 14 heavy (non-hydrogen) atoms. The van der Waals surface area contributed by atoms with E-state index in [9.17, 15) is 8.42 Å². The van der Waals surface area contributed by atoms with Crippen LogP contribution in [-0.2, 0) is 10.1 Å². The normalized spacial score (nSPS) is 19.8. The number of rotatable bonds is 5. The first-order valence-corrected chi connectivity index (χ1v) is 7.87. The molecule has 0 spiro atoms. The molecule has 0 unspecified atom stereocenters. The summed E-state index contributed by atoms with van der Waals surface area (Å²) in [5.41, 5.74) is 0. The van der Waals surface area contributed by atoms with Crippen molar-refractivity contribution in [2.24, 2.45) is 5.92 Å². The van der Waals surface area contributed by atoms with Gasteiger partial charge in [0.15, 0.2) is 0 Å². The first-order valence-electron chi connectivity index (χ1n) is 5.11. The third-order valence-electron chi connectivity index (χ3n) is 2.63. The Morgan fingerprint density at radius 2 is 1.86 bits per heavy atom. The summed E-state index contributed by atoms with van der Waals surface area (Å²) in [5, 5.41) is -0.153. The zero-order valence-corrected chi connectivity index (χ0v) is 9.95. The molecule has 1 rings (SSSR count). The molecule has 0 amide bonds. The predicted octanol–water partition coefficient (Wildman–Crippen LogP) is 2.54. The van der Waals surface area contributed by atoms with E-state index in [0.29, 0.717) is 0 Å². The summed E-state index contributed by atoms with van der Waals surface area (Å²) in [4.78, 5) is 0. The molecule has 0 aromatic carbocycles. The lowest BCUT2D eigenvalue weighted by Gasteiger charge is -2.20. The van der Waals surface area contributed by atoms with Gasteiger partial charge >= 0.3 is 0 Å². The van der Waals surface area contributed by atoms with Crippen LogP contribution in [-0.4, -0.2) is 23.8 Å². The summed E-state index contributed by atoms with van der Waals surface area (Å²) in [5.74, 6) is 1.64. The molecule has 1 N–H and O–H groups in total. The van der Waals surface area contributed by atoms with Crippen LogP contribution in [0.4, 0.5) is 0 Å². The van der Waals surface area contributed by atoms with Crippen LogP contribution < -0.4 is 0 Å². The van der Waals surface area contributed by atoms with E-state index in [1.54, 1.807) is 0 Å². The average Bonchev–Trinajstić information content (AvgIpc) is 2.13. The molecule has 0 radical (unpaired) electrons. The zero-order chi connectivity index (χ0) is 10.4. The van der Waals surface area contributed by atoms with Gasteiger partial charge in [-0.3, -0.25) is 4.55 Å². The van der Waals surface area contributed by atoms with Gasteiger partial charge in [-0.25, -0.2) is 0 Å². The van der Waals surface area contributed by atoms with E-state index in [0.717, 1.165) is 18.1 Å². The van der Waals surface area contributed by atoms with Crippen molar-refractivity contribution in [3.05, 3.63) is 0 Å². The summed E-state index contributed by atoms with van der Waals surface area (Å²) in [6, 6.07) is 0. The Hall–Kier alpha value is 0.260. The van der Waals surface area contributed by atoms with E-state index < -0.39 is 10.1 Å². The van der Waals surface area contributed by atoms with Gasteiger partial charge in [0.25, 0.3) is 10.1 Å². The highest BCUT2D eigenvalue weighted by atomic mass is 32.3. The minimum Gasteiger partial charge on any atom is -0.285 e. The van der Waals surface area contributed by atoms with Crippen LogP contribution >= 0.6 is 11.8 Å². The van der Waals surface area contributed by atoms with Crippen LogP contribution in [0.15, 0.2) is 0 Å². The second-order valence-electron chi connectivity index (χ2n) is 3.90. The van der Waals surface area contributed by atoms with Gasteiger partial charge < -0.3 is 0 Å². The Kier molecular flexibility index (Phi) is 5.26. The second-order valence-corrected chi connectivity index (χ2v) is 6.82. The number of thioether (sulfide) groups is 1. The SMILES string of the molecule is O=S(=O)(O)CSCCC1CCCCC1. The Balaban J connectivity index is 2.03. The Bertz CT molecular complexity index is 243. The van der Waals surface area contributed by atoms with Crippen molar-refractivity contribution in [3.63, 3.8) is 0 Å². The molecular formula is C9H18O3S2. The van der Waals surface area contributed by atoms with Crippen LogP contribution in [0.1, 0.15) is 38.5 Å². The third kappa shape index (κ3) is 5.88. The van der Waals surface area contributed by atoms with E-state index in [1.165, 1.54) is 43.9 Å². The largest absolute Gasteiger partial charge is 0.285 e. The van der Waals surface area contributed by atoms with E-state index in [1.807, 2.05) is 0 Å². The number of hydrogen-bond acceptors (Lipinski definition) is 3. The Labute approximate surface area is 90.4 Å². The van der Waals surface area contributed by atoms with Crippen molar-refractivity contribution in [3.8, 4) is 0 Å². The standard InChI is InChI=1S/C9H18O3S2/c10-14(11,12)8-13-7-6-9-4-2-1-3-5-9/h9H,1-8H2,(H,10,11,12). The molecule has 3 nitrogen and oxygen atoms in total. The van der Waals surface area contributed by atoms with Gasteiger partial charge in [0.1, 0.15) is 5.08 Å². The molecule has 1 aliphatic rings. The summed E-state index contributed by atoms with van der Waals surface area (Å²) in [6.45, 7) is 0. The average molecular weight is 238 g/mol. The molecule has 0 saturated heterocycles. The molecule has 0 bridgehead atoms. The van der Waals surface area contributed by atoms with E-state index in [4.69, 9.17) is 4.55 Å². The summed E-state index contributed by atoms with van der Waals surface area (Å²) >= 11 is 1.32. The highest BCUT2D eigenvalue weighted by molar-refractivity contribution is 8.10. The van der Waals surface area contributed by atoms with Gasteiger partial charge in [0.05, 0.1) is 0 Å². The molecule has 0 aromatic rings. The van der Waals surface area contributed by atoms with Crippen LogP contribution in [0.5, 0.6) is 0 Å². The molecule has 1 fully saturated rings. The topological polar surface area (TPSA) is 54.4 Å². The van der Waals surface area contributed by atoms with Crippen molar-refractivity contribution in [1.29, 1.82) is 0 Å². The maximum absolute atomic E-state index is 10.4. The fraction of sp³-hybridized carbons (Fsp3) is 1.00. The lowest BCUT2D eigenvalue weighted by Crippen LogP contribution is -2.08. The van der Waals surface area contributed by atoms with Gasteiger partial charge in [-0.2, -0.15) is 8.42 Å². The van der Waals surface area contributed by atoms with Crippen molar-refractivity contribution in [2.75, 3.05) is 10.8 Å². The van der Waals surface area contributed by atoms with Crippen LogP contribution in [0.2, 0.25) is 0 Å². The van der Waals surface area contributed by atoms with Gasteiger partial charge in [0, 0.05) is 0 Å². The van der Waals surface area contributed by atoms with E-state index in [2.05, 4.69) is 0 Å². The van der Waals surface area contributed by atoms with Gasteiger partial charge in [-0.05, 0) is 18.1 Å². The second kappa shape index (κ2) is 5.98. The Morgan fingerprint density at radius 1 is 1.21 bits per heavy atom. The van der Waals surface area contributed by atoms with Gasteiger partial charge in [0.2, 0.25) is 0 Å². The highest BCUT2D eigenvalue weighted by Crippen LogP contribution is 2.27. The highest BCUT2D eigenvalue weighted by Gasteiger charge is 2.13. The first-order chi connectivity index (χ1) is 6.58. The quantitative estimate of drug-likeness (QED) is 0.590. The lowest BCUT2D eigenvalue weighted by atomic mass is 9.88. The van der Waals surface area contributed by atoms with E-state index in [-0.39, 0.29) is 5.08 Å². The summed E-state index contributed by atoms with van der Waals surface area (Å²) < 4.78 is 29.3. The minimum absolute atomic E-state index is 0.153. The van der Waals surface area contributed by atoms with Crippen LogP contribution in [0.25, 0.3) is 0 Å². The maximum atomic E-state index is 10.4. The van der Waals surface area contributed by atoms with Crippen LogP contribution in [0, 0.1) is 5.92 Å². The molecule has 5 heteroatoms. The lowest BCUT2D eigenvalue weighted by molar-refractivity contribution is 0.351. The molecule has 0 aromatic heterocycles. The van der Waals surface area contributed by atoms with Crippen molar-refractivity contribution in [1.82, 2.24) is 0 Å². The monoisotopic (exact) mass is 238 g/mol. The summed E-state index contributed by atoms with van der Waals surface area (Å²) in [7, 11) is -3.76. The van der Waals surface area contributed by atoms with Crippen molar-refractivity contribution < 1.29 is 13.0 Å². The molecule has 84 valence electrons. The smallest absolute Gasteiger partial charge is 0.274 e. The van der Waals surface area contributed by atoms with Gasteiger partial charge in [-0.15, -0.1) is 11.8 Å². The predicted molar refractivity (Wildman–Crippen MR) is 60.1 cm³/mol. The van der Waals surface area contributed by atoms with Crippen LogP contribution in [0.3, 0.4) is 0 Å².